The number of anilines is 1. The molecule has 1 aliphatic rings. The molecule has 13 heavy (non-hydrogen) atoms. The molecule has 3 heteroatoms. The van der Waals surface area contributed by atoms with Gasteiger partial charge in [-0.05, 0) is 31.4 Å². The van der Waals surface area contributed by atoms with E-state index in [-0.39, 0.29) is 0 Å². The number of pyridine rings is 1. The molecule has 1 aliphatic carbocycles. The molecule has 1 saturated carbocycles. The third-order valence-electron chi connectivity index (χ3n) is 2.06. The van der Waals surface area contributed by atoms with Crippen LogP contribution in [0.2, 0.25) is 0 Å². The summed E-state index contributed by atoms with van der Waals surface area (Å²) in [7, 11) is 0. The molecule has 1 heterocycles. The zero-order valence-corrected chi connectivity index (χ0v) is 7.70. The molecule has 0 unspecified atom stereocenters. The Hall–Kier alpha value is -1.38. The highest BCUT2D eigenvalue weighted by atomic mass is 14.9. The van der Waals surface area contributed by atoms with Crippen molar-refractivity contribution in [1.29, 1.82) is 0 Å². The molecule has 2 rings (SSSR count). The van der Waals surface area contributed by atoms with E-state index < -0.39 is 0 Å². The van der Waals surface area contributed by atoms with Crippen molar-refractivity contribution in [3.63, 3.8) is 0 Å². The van der Waals surface area contributed by atoms with Gasteiger partial charge in [-0.1, -0.05) is 0 Å². The molecule has 0 radical (unpaired) electrons. The summed E-state index contributed by atoms with van der Waals surface area (Å²) < 4.78 is 0. The predicted octanol–water partition coefficient (Wildman–Crippen LogP) is 1.55. The van der Waals surface area contributed by atoms with Crippen LogP contribution in [0, 0.1) is 6.92 Å². The molecular formula is C10H13N3. The number of nitrogen functional groups attached to an aromatic ring is 1. The summed E-state index contributed by atoms with van der Waals surface area (Å²) in [5.74, 6) is 0.565. The van der Waals surface area contributed by atoms with Crippen LogP contribution in [0.4, 0.5) is 5.82 Å². The fourth-order valence-corrected chi connectivity index (χ4v) is 1.12. The van der Waals surface area contributed by atoms with E-state index in [0.29, 0.717) is 11.9 Å². The maximum Gasteiger partial charge on any atom is 0.132 e. The average Bonchev–Trinajstić information content (AvgIpc) is 2.90. The lowest BCUT2D eigenvalue weighted by Gasteiger charge is -1.99. The molecule has 1 fully saturated rings. The molecule has 68 valence electrons. The van der Waals surface area contributed by atoms with E-state index in [0.717, 1.165) is 11.1 Å². The summed E-state index contributed by atoms with van der Waals surface area (Å²) in [5.41, 5.74) is 7.75. The van der Waals surface area contributed by atoms with Gasteiger partial charge in [0.15, 0.2) is 0 Å². The van der Waals surface area contributed by atoms with Crippen LogP contribution in [0.15, 0.2) is 17.3 Å². The van der Waals surface area contributed by atoms with Crippen molar-refractivity contribution in [2.45, 2.75) is 25.8 Å². The Labute approximate surface area is 77.7 Å². The highest BCUT2D eigenvalue weighted by Crippen LogP contribution is 2.23. The normalized spacial score (nSPS) is 16.7. The van der Waals surface area contributed by atoms with Crippen molar-refractivity contribution in [2.75, 3.05) is 5.73 Å². The lowest BCUT2D eigenvalue weighted by Crippen LogP contribution is -1.97. The number of hydrogen-bond acceptors (Lipinski definition) is 3. The van der Waals surface area contributed by atoms with Crippen LogP contribution in [0.25, 0.3) is 0 Å². The lowest BCUT2D eigenvalue weighted by atomic mass is 10.2. The van der Waals surface area contributed by atoms with Gasteiger partial charge in [0.25, 0.3) is 0 Å². The van der Waals surface area contributed by atoms with Crippen LogP contribution in [-0.2, 0) is 0 Å². The van der Waals surface area contributed by atoms with Gasteiger partial charge in [-0.2, -0.15) is 0 Å². The lowest BCUT2D eigenvalue weighted by molar-refractivity contribution is 1.08. The van der Waals surface area contributed by atoms with Crippen LogP contribution < -0.4 is 5.73 Å². The number of aromatic nitrogens is 1. The minimum atomic E-state index is 0.542. The van der Waals surface area contributed by atoms with Crippen LogP contribution >= 0.6 is 0 Å². The quantitative estimate of drug-likeness (QED) is 0.693. The van der Waals surface area contributed by atoms with Crippen molar-refractivity contribution in [3.8, 4) is 0 Å². The Balaban J connectivity index is 2.21. The molecule has 2 N–H and O–H groups in total. The molecule has 0 saturated heterocycles. The molecule has 3 nitrogen and oxygen atoms in total. The zero-order valence-electron chi connectivity index (χ0n) is 7.70. The monoisotopic (exact) mass is 175 g/mol. The van der Waals surface area contributed by atoms with Crippen molar-refractivity contribution in [3.05, 3.63) is 23.4 Å². The van der Waals surface area contributed by atoms with Crippen molar-refractivity contribution >= 4 is 12.0 Å². The maximum atomic E-state index is 5.69. The van der Waals surface area contributed by atoms with Gasteiger partial charge < -0.3 is 5.73 Å². The van der Waals surface area contributed by atoms with Gasteiger partial charge in [0.1, 0.15) is 5.82 Å². The second-order valence-corrected chi connectivity index (χ2v) is 3.50. The van der Waals surface area contributed by atoms with Crippen molar-refractivity contribution in [1.82, 2.24) is 4.98 Å². The van der Waals surface area contributed by atoms with Crippen LogP contribution in [0.5, 0.6) is 0 Å². The van der Waals surface area contributed by atoms with E-state index in [2.05, 4.69) is 9.98 Å². The molecule has 0 aliphatic heterocycles. The Kier molecular flexibility index (Phi) is 2.00. The van der Waals surface area contributed by atoms with E-state index in [1.54, 1.807) is 6.20 Å². The van der Waals surface area contributed by atoms with E-state index in [4.69, 9.17) is 5.73 Å². The summed E-state index contributed by atoms with van der Waals surface area (Å²) in [6, 6.07) is 2.55. The molecular weight excluding hydrogens is 162 g/mol. The average molecular weight is 175 g/mol. The number of aliphatic imine (C=N–C) groups is 1. The maximum absolute atomic E-state index is 5.69. The van der Waals surface area contributed by atoms with Gasteiger partial charge in [0, 0.05) is 18.0 Å². The van der Waals surface area contributed by atoms with Gasteiger partial charge >= 0.3 is 0 Å². The fourth-order valence-electron chi connectivity index (χ4n) is 1.12. The van der Waals surface area contributed by atoms with Gasteiger partial charge in [-0.15, -0.1) is 0 Å². The van der Waals surface area contributed by atoms with Crippen molar-refractivity contribution in [2.24, 2.45) is 4.99 Å². The first-order chi connectivity index (χ1) is 6.25. The first-order valence-corrected chi connectivity index (χ1v) is 4.51. The third kappa shape index (κ3) is 2.05. The minimum absolute atomic E-state index is 0.542. The molecule has 1 aromatic rings. The third-order valence-corrected chi connectivity index (χ3v) is 2.06. The predicted molar refractivity (Wildman–Crippen MR) is 54.0 cm³/mol. The highest BCUT2D eigenvalue weighted by molar-refractivity contribution is 5.85. The molecule has 0 amide bonds. The standard InChI is InChI=1S/C10H13N3/c1-7-4-8(10(11)13-5-7)6-12-9-2-3-9/h4-6,9H,2-3H2,1H3,(H2,11,13). The number of nitrogens with zero attached hydrogens (tertiary/aromatic N) is 2. The summed E-state index contributed by atoms with van der Waals surface area (Å²) in [6.07, 6.45) is 6.04. The zero-order chi connectivity index (χ0) is 9.26. The number of hydrogen-bond donors (Lipinski definition) is 1. The number of nitrogens with two attached hydrogens (primary N) is 1. The minimum Gasteiger partial charge on any atom is -0.383 e. The van der Waals surface area contributed by atoms with Crippen molar-refractivity contribution < 1.29 is 0 Å². The van der Waals surface area contributed by atoms with E-state index in [9.17, 15) is 0 Å². The second kappa shape index (κ2) is 3.17. The van der Waals surface area contributed by atoms with Gasteiger partial charge in [0.2, 0.25) is 0 Å². The fraction of sp³-hybridized carbons (Fsp3) is 0.400. The van der Waals surface area contributed by atoms with Crippen LogP contribution in [0.1, 0.15) is 24.0 Å². The van der Waals surface area contributed by atoms with Crippen LogP contribution in [-0.4, -0.2) is 17.2 Å². The van der Waals surface area contributed by atoms with E-state index >= 15 is 0 Å². The number of rotatable bonds is 2. The van der Waals surface area contributed by atoms with Gasteiger partial charge in [-0.3, -0.25) is 4.99 Å². The SMILES string of the molecule is Cc1cnc(N)c(C=NC2CC2)c1. The first kappa shape index (κ1) is 8.23. The second-order valence-electron chi connectivity index (χ2n) is 3.50. The highest BCUT2D eigenvalue weighted by Gasteiger charge is 2.18. The topological polar surface area (TPSA) is 51.3 Å². The number of aryl methyl sites for hydroxylation is 1. The summed E-state index contributed by atoms with van der Waals surface area (Å²) in [6.45, 7) is 2.00. The van der Waals surface area contributed by atoms with E-state index in [1.165, 1.54) is 12.8 Å². The first-order valence-electron chi connectivity index (χ1n) is 4.51. The Morgan fingerprint density at radius 2 is 2.38 bits per heavy atom. The van der Waals surface area contributed by atoms with E-state index in [1.807, 2.05) is 19.2 Å². The summed E-state index contributed by atoms with van der Waals surface area (Å²) in [4.78, 5) is 8.43. The molecule has 0 spiro atoms. The van der Waals surface area contributed by atoms with Gasteiger partial charge in [-0.25, -0.2) is 4.98 Å². The smallest absolute Gasteiger partial charge is 0.132 e. The van der Waals surface area contributed by atoms with Gasteiger partial charge in [0.05, 0.1) is 6.04 Å². The summed E-state index contributed by atoms with van der Waals surface area (Å²) >= 11 is 0. The van der Waals surface area contributed by atoms with Crippen LogP contribution in [0.3, 0.4) is 0 Å². The Bertz CT molecular complexity index is 340. The largest absolute Gasteiger partial charge is 0.383 e. The molecule has 0 bridgehead atoms. The molecule has 0 atom stereocenters. The Morgan fingerprint density at radius 1 is 1.62 bits per heavy atom. The summed E-state index contributed by atoms with van der Waals surface area (Å²) in [5, 5.41) is 0. The Morgan fingerprint density at radius 3 is 3.08 bits per heavy atom. The molecule has 1 aromatic heterocycles. The molecule has 0 aromatic carbocycles.